The highest BCUT2D eigenvalue weighted by atomic mass is 16.5. The van der Waals surface area contributed by atoms with E-state index in [-0.39, 0.29) is 17.1 Å². The summed E-state index contributed by atoms with van der Waals surface area (Å²) in [5, 5.41) is 14.1. The first-order chi connectivity index (χ1) is 14.5. The van der Waals surface area contributed by atoms with Gasteiger partial charge >= 0.3 is 0 Å². The second kappa shape index (κ2) is 6.95. The molecule has 3 N–H and O–H groups in total. The Morgan fingerprint density at radius 2 is 1.67 bits per heavy atom. The van der Waals surface area contributed by atoms with E-state index in [0.717, 1.165) is 41.5 Å². The molecule has 0 atom stereocenters. The molecule has 0 bridgehead atoms. The Morgan fingerprint density at radius 1 is 0.967 bits per heavy atom. The quantitative estimate of drug-likeness (QED) is 0.527. The topological polar surface area (TPSA) is 111 Å². The molecule has 1 aliphatic rings. The van der Waals surface area contributed by atoms with Gasteiger partial charge in [-0.25, -0.2) is 9.97 Å². The monoisotopic (exact) mass is 399 g/mol. The highest BCUT2D eigenvalue weighted by molar-refractivity contribution is 5.63. The van der Waals surface area contributed by atoms with Crippen LogP contribution in [0.5, 0.6) is 5.75 Å². The van der Waals surface area contributed by atoms with Gasteiger partial charge < -0.3 is 15.4 Å². The van der Waals surface area contributed by atoms with Crippen molar-refractivity contribution in [2.75, 3.05) is 5.73 Å². The molecule has 150 valence electrons. The number of hydrogen-bond acceptors (Lipinski definition) is 7. The first-order valence-corrected chi connectivity index (χ1v) is 9.88. The standard InChI is InChI=1S/C23H21N5O2/c1-14-11-16(5-8-19(14)29)20-27-21(28-30-20)23(9-2-10-23)18-6-3-15(4-7-18)17-12-25-22(24)26-13-17/h3-8,11-13,29H,2,9-10H2,1H3,(H2,24,25,26). The van der Waals surface area contributed by atoms with Gasteiger partial charge in [0, 0.05) is 23.5 Å². The molecule has 4 aromatic rings. The maximum absolute atomic E-state index is 9.76. The van der Waals surface area contributed by atoms with Gasteiger partial charge in [0.2, 0.25) is 5.95 Å². The molecule has 30 heavy (non-hydrogen) atoms. The van der Waals surface area contributed by atoms with Gasteiger partial charge in [0.15, 0.2) is 5.82 Å². The Kier molecular flexibility index (Phi) is 4.24. The molecule has 0 amide bonds. The summed E-state index contributed by atoms with van der Waals surface area (Å²) >= 11 is 0. The van der Waals surface area contributed by atoms with Crippen LogP contribution in [0.4, 0.5) is 5.95 Å². The molecule has 2 heterocycles. The molecular weight excluding hydrogens is 378 g/mol. The van der Waals surface area contributed by atoms with Crippen LogP contribution in [-0.2, 0) is 5.41 Å². The van der Waals surface area contributed by atoms with E-state index < -0.39 is 0 Å². The van der Waals surface area contributed by atoms with Gasteiger partial charge in [-0.3, -0.25) is 0 Å². The van der Waals surface area contributed by atoms with E-state index in [4.69, 9.17) is 15.2 Å². The largest absolute Gasteiger partial charge is 0.508 e. The van der Waals surface area contributed by atoms with Crippen molar-refractivity contribution in [1.29, 1.82) is 0 Å². The number of anilines is 1. The molecular formula is C23H21N5O2. The van der Waals surface area contributed by atoms with E-state index in [2.05, 4.69) is 39.4 Å². The molecule has 7 heteroatoms. The second-order valence-electron chi connectivity index (χ2n) is 7.77. The Labute approximate surface area is 173 Å². The predicted octanol–water partition coefficient (Wildman–Crippen LogP) is 4.26. The van der Waals surface area contributed by atoms with Crippen LogP contribution >= 0.6 is 0 Å². The number of nitrogens with zero attached hydrogens (tertiary/aromatic N) is 4. The van der Waals surface area contributed by atoms with Crippen molar-refractivity contribution in [2.24, 2.45) is 0 Å². The van der Waals surface area contributed by atoms with E-state index >= 15 is 0 Å². The van der Waals surface area contributed by atoms with E-state index in [9.17, 15) is 5.11 Å². The summed E-state index contributed by atoms with van der Waals surface area (Å²) in [7, 11) is 0. The first-order valence-electron chi connectivity index (χ1n) is 9.88. The van der Waals surface area contributed by atoms with Gasteiger partial charge in [-0.05, 0) is 54.7 Å². The zero-order valence-corrected chi connectivity index (χ0v) is 16.5. The van der Waals surface area contributed by atoms with Crippen LogP contribution in [0.3, 0.4) is 0 Å². The summed E-state index contributed by atoms with van der Waals surface area (Å²) in [5.74, 6) is 1.69. The number of phenols is 1. The molecule has 7 nitrogen and oxygen atoms in total. The fraction of sp³-hybridized carbons (Fsp3) is 0.217. The number of nitrogen functional groups attached to an aromatic ring is 1. The van der Waals surface area contributed by atoms with Crippen molar-refractivity contribution in [2.45, 2.75) is 31.6 Å². The van der Waals surface area contributed by atoms with Crippen molar-refractivity contribution in [3.8, 4) is 28.3 Å². The summed E-state index contributed by atoms with van der Waals surface area (Å²) < 4.78 is 5.58. The fourth-order valence-corrected chi connectivity index (χ4v) is 3.96. The fourth-order valence-electron chi connectivity index (χ4n) is 3.96. The SMILES string of the molecule is Cc1cc(-c2nc(C3(c4ccc(-c5cnc(N)nc5)cc4)CCC3)no2)ccc1O. The lowest BCUT2D eigenvalue weighted by Crippen LogP contribution is -2.36. The Hall–Kier alpha value is -3.74. The lowest BCUT2D eigenvalue weighted by molar-refractivity contribution is 0.273. The van der Waals surface area contributed by atoms with Crippen molar-refractivity contribution in [1.82, 2.24) is 20.1 Å². The molecule has 0 aliphatic heterocycles. The summed E-state index contributed by atoms with van der Waals surface area (Å²) in [6.45, 7) is 1.84. The molecule has 0 saturated heterocycles. The summed E-state index contributed by atoms with van der Waals surface area (Å²) in [5.41, 5.74) is 10.0. The first kappa shape index (κ1) is 18.3. The predicted molar refractivity (Wildman–Crippen MR) is 113 cm³/mol. The summed E-state index contributed by atoms with van der Waals surface area (Å²) in [6.07, 6.45) is 6.52. The number of phenolic OH excluding ortho intramolecular Hbond substituents is 1. The molecule has 5 rings (SSSR count). The highest BCUT2D eigenvalue weighted by Crippen LogP contribution is 2.48. The molecule has 1 aliphatic carbocycles. The maximum Gasteiger partial charge on any atom is 0.257 e. The van der Waals surface area contributed by atoms with Gasteiger partial charge in [-0.15, -0.1) is 0 Å². The maximum atomic E-state index is 9.76. The van der Waals surface area contributed by atoms with Gasteiger partial charge in [0.25, 0.3) is 5.89 Å². The number of benzene rings is 2. The molecule has 0 unspecified atom stereocenters. The van der Waals surface area contributed by atoms with Crippen LogP contribution in [0.15, 0.2) is 59.4 Å². The van der Waals surface area contributed by atoms with Crippen LogP contribution in [0.25, 0.3) is 22.6 Å². The van der Waals surface area contributed by atoms with Crippen LogP contribution in [0.1, 0.15) is 36.2 Å². The number of aromatic hydroxyl groups is 1. The third-order valence-corrected chi connectivity index (χ3v) is 5.95. The van der Waals surface area contributed by atoms with Crippen LogP contribution < -0.4 is 5.73 Å². The number of nitrogens with two attached hydrogens (primary N) is 1. The summed E-state index contributed by atoms with van der Waals surface area (Å²) in [4.78, 5) is 12.8. The smallest absolute Gasteiger partial charge is 0.257 e. The number of rotatable bonds is 4. The Balaban J connectivity index is 1.46. The normalized spacial score (nSPS) is 15.0. The van der Waals surface area contributed by atoms with Crippen molar-refractivity contribution in [3.05, 3.63) is 71.8 Å². The van der Waals surface area contributed by atoms with Gasteiger partial charge in [0.05, 0.1) is 5.41 Å². The Bertz CT molecular complexity index is 1200. The summed E-state index contributed by atoms with van der Waals surface area (Å²) in [6, 6.07) is 13.6. The molecule has 1 saturated carbocycles. The minimum Gasteiger partial charge on any atom is -0.508 e. The van der Waals surface area contributed by atoms with E-state index in [0.29, 0.717) is 11.7 Å². The highest BCUT2D eigenvalue weighted by Gasteiger charge is 2.44. The van der Waals surface area contributed by atoms with Crippen molar-refractivity contribution in [3.63, 3.8) is 0 Å². The van der Waals surface area contributed by atoms with Crippen molar-refractivity contribution < 1.29 is 9.63 Å². The van der Waals surface area contributed by atoms with E-state index in [1.807, 2.05) is 13.0 Å². The van der Waals surface area contributed by atoms with Gasteiger partial charge in [0.1, 0.15) is 5.75 Å². The average Bonchev–Trinajstić information content (AvgIpc) is 3.21. The van der Waals surface area contributed by atoms with E-state index in [1.54, 1.807) is 24.5 Å². The van der Waals surface area contributed by atoms with Gasteiger partial charge in [-0.1, -0.05) is 35.8 Å². The van der Waals surface area contributed by atoms with Crippen LogP contribution in [0.2, 0.25) is 0 Å². The minimum atomic E-state index is -0.232. The second-order valence-corrected chi connectivity index (χ2v) is 7.77. The Morgan fingerprint density at radius 3 is 2.30 bits per heavy atom. The average molecular weight is 399 g/mol. The number of hydrogen-bond donors (Lipinski definition) is 2. The van der Waals surface area contributed by atoms with Crippen LogP contribution in [0, 0.1) is 6.92 Å². The molecule has 2 aromatic heterocycles. The third-order valence-electron chi connectivity index (χ3n) is 5.95. The lowest BCUT2D eigenvalue weighted by atomic mass is 9.64. The zero-order chi connectivity index (χ0) is 20.7. The number of aryl methyl sites for hydroxylation is 1. The molecule has 0 radical (unpaired) electrons. The molecule has 1 fully saturated rings. The third kappa shape index (κ3) is 2.99. The van der Waals surface area contributed by atoms with Gasteiger partial charge in [-0.2, -0.15) is 4.98 Å². The zero-order valence-electron chi connectivity index (χ0n) is 16.5. The van der Waals surface area contributed by atoms with Crippen molar-refractivity contribution >= 4 is 5.95 Å². The van der Waals surface area contributed by atoms with Crippen LogP contribution in [-0.4, -0.2) is 25.2 Å². The molecule has 0 spiro atoms. The minimum absolute atomic E-state index is 0.232. The van der Waals surface area contributed by atoms with E-state index in [1.165, 1.54) is 5.56 Å². The number of aromatic nitrogens is 4. The lowest BCUT2D eigenvalue weighted by Gasteiger charge is -2.39. The molecule has 2 aromatic carbocycles.